The Bertz CT molecular complexity index is 452. The lowest BCUT2D eigenvalue weighted by Gasteiger charge is -2.30. The van der Waals surface area contributed by atoms with Gasteiger partial charge in [0, 0.05) is 37.9 Å². The van der Waals surface area contributed by atoms with Gasteiger partial charge in [-0.1, -0.05) is 18.2 Å². The van der Waals surface area contributed by atoms with Gasteiger partial charge in [0.05, 0.1) is 0 Å². The van der Waals surface area contributed by atoms with Crippen LogP contribution in [0.2, 0.25) is 0 Å². The quantitative estimate of drug-likeness (QED) is 0.912. The number of aryl methyl sites for hydroxylation is 1. The first-order valence-corrected chi connectivity index (χ1v) is 8.03. The van der Waals surface area contributed by atoms with Gasteiger partial charge in [0.25, 0.3) is 0 Å². The van der Waals surface area contributed by atoms with E-state index in [0.717, 1.165) is 19.6 Å². The second-order valence-electron chi connectivity index (χ2n) is 6.36. The molecule has 110 valence electrons. The first-order valence-electron chi connectivity index (χ1n) is 8.03. The zero-order valence-electron chi connectivity index (χ0n) is 12.9. The van der Waals surface area contributed by atoms with E-state index < -0.39 is 0 Å². The lowest BCUT2D eigenvalue weighted by molar-refractivity contribution is 0.343. The summed E-state index contributed by atoms with van der Waals surface area (Å²) in [6, 6.07) is 7.26. The number of nitrogens with zero attached hydrogens (tertiary/aromatic N) is 2. The van der Waals surface area contributed by atoms with Crippen LogP contribution in [-0.4, -0.2) is 43.7 Å². The van der Waals surface area contributed by atoms with Gasteiger partial charge >= 0.3 is 0 Å². The van der Waals surface area contributed by atoms with Crippen LogP contribution >= 0.6 is 0 Å². The maximum atomic E-state index is 3.63. The molecule has 1 unspecified atom stereocenters. The van der Waals surface area contributed by atoms with Gasteiger partial charge in [-0.05, 0) is 50.9 Å². The maximum absolute atomic E-state index is 3.63. The molecule has 3 nitrogen and oxygen atoms in total. The van der Waals surface area contributed by atoms with E-state index in [1.807, 2.05) is 0 Å². The molecule has 3 heteroatoms. The number of anilines is 1. The van der Waals surface area contributed by atoms with E-state index in [0.29, 0.717) is 6.04 Å². The molecule has 0 amide bonds. The van der Waals surface area contributed by atoms with Crippen LogP contribution in [0.15, 0.2) is 18.2 Å². The molecular formula is C17H27N3. The van der Waals surface area contributed by atoms with Gasteiger partial charge in [-0.2, -0.15) is 0 Å². The van der Waals surface area contributed by atoms with E-state index in [-0.39, 0.29) is 0 Å². The molecule has 2 aliphatic heterocycles. The van der Waals surface area contributed by atoms with Gasteiger partial charge in [-0.25, -0.2) is 0 Å². The number of rotatable bonds is 3. The summed E-state index contributed by atoms with van der Waals surface area (Å²) in [6.45, 7) is 11.6. The molecule has 1 aromatic rings. The monoisotopic (exact) mass is 273 g/mol. The minimum atomic E-state index is 0.556. The smallest absolute Gasteiger partial charge is 0.0442 e. The summed E-state index contributed by atoms with van der Waals surface area (Å²) in [5.41, 5.74) is 4.35. The highest BCUT2D eigenvalue weighted by Gasteiger charge is 2.21. The molecule has 1 fully saturated rings. The van der Waals surface area contributed by atoms with Gasteiger partial charge in [0.2, 0.25) is 0 Å². The summed E-state index contributed by atoms with van der Waals surface area (Å²) in [4.78, 5) is 5.22. The highest BCUT2D eigenvalue weighted by molar-refractivity contribution is 5.60. The van der Waals surface area contributed by atoms with E-state index in [9.17, 15) is 0 Å². The van der Waals surface area contributed by atoms with Gasteiger partial charge in [0.1, 0.15) is 0 Å². The zero-order valence-corrected chi connectivity index (χ0v) is 12.9. The van der Waals surface area contributed by atoms with Crippen LogP contribution in [-0.2, 0) is 6.54 Å². The number of hydrogen-bond donors (Lipinski definition) is 1. The minimum absolute atomic E-state index is 0.556. The molecule has 2 heterocycles. The van der Waals surface area contributed by atoms with Crippen molar-refractivity contribution in [1.29, 1.82) is 0 Å². The van der Waals surface area contributed by atoms with Gasteiger partial charge < -0.3 is 15.1 Å². The standard InChI is InChI=1S/C17H27N3/c1-14-6-5-7-16-12-18-15(2)13-20(17(14)16)11-10-19-8-3-4-9-19/h5-7,15,18H,3-4,8-13H2,1-2H3. The van der Waals surface area contributed by atoms with Gasteiger partial charge in [-0.15, -0.1) is 0 Å². The Hall–Kier alpha value is -1.06. The van der Waals surface area contributed by atoms with Crippen LogP contribution in [0.4, 0.5) is 5.69 Å². The maximum Gasteiger partial charge on any atom is 0.0442 e. The Morgan fingerprint density at radius 3 is 2.80 bits per heavy atom. The molecule has 1 N–H and O–H groups in total. The molecule has 2 aliphatic rings. The van der Waals surface area contributed by atoms with Crippen LogP contribution in [0.3, 0.4) is 0 Å². The normalized spacial score (nSPS) is 23.7. The third-order valence-electron chi connectivity index (χ3n) is 4.66. The molecule has 0 radical (unpaired) electrons. The molecule has 0 saturated carbocycles. The van der Waals surface area contributed by atoms with Crippen LogP contribution in [0.1, 0.15) is 30.9 Å². The van der Waals surface area contributed by atoms with Crippen LogP contribution in [0.5, 0.6) is 0 Å². The topological polar surface area (TPSA) is 18.5 Å². The molecule has 0 aromatic heterocycles. The summed E-state index contributed by atoms with van der Waals surface area (Å²) >= 11 is 0. The molecule has 0 bridgehead atoms. The molecule has 0 spiro atoms. The Balaban J connectivity index is 1.77. The van der Waals surface area contributed by atoms with Crippen molar-refractivity contribution in [1.82, 2.24) is 10.2 Å². The summed E-state index contributed by atoms with van der Waals surface area (Å²) in [5.74, 6) is 0. The Morgan fingerprint density at radius 1 is 1.20 bits per heavy atom. The third-order valence-corrected chi connectivity index (χ3v) is 4.66. The van der Waals surface area contributed by atoms with E-state index in [1.165, 1.54) is 49.3 Å². The fourth-order valence-electron chi connectivity index (χ4n) is 3.56. The van der Waals surface area contributed by atoms with Crippen molar-refractivity contribution in [2.75, 3.05) is 37.6 Å². The Labute approximate surface area is 123 Å². The average molecular weight is 273 g/mol. The van der Waals surface area contributed by atoms with Crippen molar-refractivity contribution in [2.45, 2.75) is 39.3 Å². The summed E-state index contributed by atoms with van der Waals surface area (Å²) < 4.78 is 0. The predicted molar refractivity (Wildman–Crippen MR) is 85.4 cm³/mol. The minimum Gasteiger partial charge on any atom is -0.368 e. The highest BCUT2D eigenvalue weighted by Crippen LogP contribution is 2.27. The molecule has 3 rings (SSSR count). The highest BCUT2D eigenvalue weighted by atomic mass is 15.2. The summed E-state index contributed by atoms with van der Waals surface area (Å²) in [6.07, 6.45) is 2.77. The largest absolute Gasteiger partial charge is 0.368 e. The van der Waals surface area contributed by atoms with Crippen LogP contribution in [0.25, 0.3) is 0 Å². The van der Waals surface area contributed by atoms with Crippen molar-refractivity contribution in [3.63, 3.8) is 0 Å². The first-order chi connectivity index (χ1) is 9.74. The first kappa shape index (κ1) is 13.9. The van der Waals surface area contributed by atoms with Gasteiger partial charge in [-0.3, -0.25) is 0 Å². The average Bonchev–Trinajstić information content (AvgIpc) is 2.89. The van der Waals surface area contributed by atoms with Gasteiger partial charge in [0.15, 0.2) is 0 Å². The van der Waals surface area contributed by atoms with Crippen molar-refractivity contribution in [3.8, 4) is 0 Å². The number of nitrogens with one attached hydrogen (secondary N) is 1. The molecule has 1 saturated heterocycles. The van der Waals surface area contributed by atoms with E-state index >= 15 is 0 Å². The number of benzene rings is 1. The molecule has 0 aliphatic carbocycles. The molecular weight excluding hydrogens is 246 g/mol. The van der Waals surface area contributed by atoms with E-state index in [4.69, 9.17) is 0 Å². The second kappa shape index (κ2) is 6.15. The fraction of sp³-hybridized carbons (Fsp3) is 0.647. The van der Waals surface area contributed by atoms with Crippen LogP contribution in [0, 0.1) is 6.92 Å². The van der Waals surface area contributed by atoms with Crippen LogP contribution < -0.4 is 10.2 Å². The summed E-state index contributed by atoms with van der Waals surface area (Å²) in [5, 5.41) is 3.63. The number of fused-ring (bicyclic) bond motifs is 1. The number of likely N-dealkylation sites (tertiary alicyclic amines) is 1. The Kier molecular flexibility index (Phi) is 4.27. The molecule has 1 atom stereocenters. The zero-order chi connectivity index (χ0) is 13.9. The fourth-order valence-corrected chi connectivity index (χ4v) is 3.56. The summed E-state index contributed by atoms with van der Waals surface area (Å²) in [7, 11) is 0. The third kappa shape index (κ3) is 2.99. The lowest BCUT2D eigenvalue weighted by atomic mass is 10.1. The Morgan fingerprint density at radius 2 is 2.00 bits per heavy atom. The number of para-hydroxylation sites is 1. The SMILES string of the molecule is Cc1cccc2c1N(CCN1CCCC1)CC(C)NC2. The molecule has 1 aromatic carbocycles. The number of hydrogen-bond acceptors (Lipinski definition) is 3. The van der Waals surface area contributed by atoms with E-state index in [1.54, 1.807) is 0 Å². The second-order valence-corrected chi connectivity index (χ2v) is 6.36. The van der Waals surface area contributed by atoms with Crippen molar-refractivity contribution >= 4 is 5.69 Å². The molecule has 20 heavy (non-hydrogen) atoms. The van der Waals surface area contributed by atoms with Crippen molar-refractivity contribution in [3.05, 3.63) is 29.3 Å². The lowest BCUT2D eigenvalue weighted by Crippen LogP contribution is -2.40. The predicted octanol–water partition coefficient (Wildman–Crippen LogP) is 2.39. The van der Waals surface area contributed by atoms with Crippen molar-refractivity contribution < 1.29 is 0 Å². The van der Waals surface area contributed by atoms with Crippen molar-refractivity contribution in [2.24, 2.45) is 0 Å². The van der Waals surface area contributed by atoms with E-state index in [2.05, 4.69) is 47.2 Å².